The van der Waals surface area contributed by atoms with Crippen LogP contribution in [0.4, 0.5) is 5.69 Å². The SMILES string of the molecule is Clc1cc(Br)ccc1NCc1cccc(C2CC2)c1. The summed E-state index contributed by atoms with van der Waals surface area (Å²) >= 11 is 9.61. The molecule has 19 heavy (non-hydrogen) atoms. The van der Waals surface area contributed by atoms with Crippen molar-refractivity contribution < 1.29 is 0 Å². The Morgan fingerprint density at radius 1 is 1.16 bits per heavy atom. The van der Waals surface area contributed by atoms with Crippen LogP contribution in [0.1, 0.15) is 29.9 Å². The van der Waals surface area contributed by atoms with Crippen LogP contribution < -0.4 is 5.32 Å². The molecule has 0 radical (unpaired) electrons. The Labute approximate surface area is 127 Å². The molecule has 0 bridgehead atoms. The van der Waals surface area contributed by atoms with Crippen LogP contribution in [0.5, 0.6) is 0 Å². The Morgan fingerprint density at radius 3 is 2.74 bits per heavy atom. The monoisotopic (exact) mass is 335 g/mol. The van der Waals surface area contributed by atoms with Gasteiger partial charge in [0.1, 0.15) is 0 Å². The van der Waals surface area contributed by atoms with Crippen LogP contribution >= 0.6 is 27.5 Å². The predicted octanol–water partition coefficient (Wildman–Crippen LogP) is 5.59. The lowest BCUT2D eigenvalue weighted by Gasteiger charge is -2.10. The second kappa shape index (κ2) is 5.56. The third kappa shape index (κ3) is 3.31. The summed E-state index contributed by atoms with van der Waals surface area (Å²) in [6.45, 7) is 0.807. The maximum Gasteiger partial charge on any atom is 0.0648 e. The summed E-state index contributed by atoms with van der Waals surface area (Å²) in [7, 11) is 0. The molecule has 1 nitrogen and oxygen atoms in total. The zero-order valence-electron chi connectivity index (χ0n) is 10.5. The van der Waals surface area contributed by atoms with Gasteiger partial charge in [0, 0.05) is 11.0 Å². The third-order valence-electron chi connectivity index (χ3n) is 3.41. The van der Waals surface area contributed by atoms with Gasteiger partial charge in [0.25, 0.3) is 0 Å². The van der Waals surface area contributed by atoms with Gasteiger partial charge in [0.05, 0.1) is 10.7 Å². The fourth-order valence-corrected chi connectivity index (χ4v) is 2.94. The summed E-state index contributed by atoms with van der Waals surface area (Å²) in [5.74, 6) is 0.802. The Balaban J connectivity index is 1.69. The van der Waals surface area contributed by atoms with Gasteiger partial charge in [-0.1, -0.05) is 51.8 Å². The van der Waals surface area contributed by atoms with Crippen molar-refractivity contribution in [3.8, 4) is 0 Å². The standard InChI is InChI=1S/C16H15BrClN/c17-14-6-7-16(15(18)9-14)19-10-11-2-1-3-13(8-11)12-4-5-12/h1-3,6-9,12,19H,4-5,10H2. The van der Waals surface area contributed by atoms with E-state index >= 15 is 0 Å². The van der Waals surface area contributed by atoms with Crippen molar-refractivity contribution in [3.05, 3.63) is 63.1 Å². The summed E-state index contributed by atoms with van der Waals surface area (Å²) in [5.41, 5.74) is 3.76. The van der Waals surface area contributed by atoms with Crippen molar-refractivity contribution in [3.63, 3.8) is 0 Å². The molecule has 0 unspecified atom stereocenters. The highest BCUT2D eigenvalue weighted by Gasteiger charge is 2.23. The number of nitrogens with one attached hydrogen (secondary N) is 1. The molecule has 98 valence electrons. The first kappa shape index (κ1) is 13.0. The number of anilines is 1. The van der Waals surface area contributed by atoms with Crippen molar-refractivity contribution in [2.45, 2.75) is 25.3 Å². The first-order valence-corrected chi connectivity index (χ1v) is 7.67. The molecule has 0 amide bonds. The molecule has 0 atom stereocenters. The van der Waals surface area contributed by atoms with Crippen LogP contribution in [0.15, 0.2) is 46.9 Å². The van der Waals surface area contributed by atoms with Gasteiger partial charge in [-0.15, -0.1) is 0 Å². The highest BCUT2D eigenvalue weighted by Crippen LogP contribution is 2.40. The minimum absolute atomic E-state index is 0.743. The van der Waals surface area contributed by atoms with Crippen LogP contribution in [0, 0.1) is 0 Å². The van der Waals surface area contributed by atoms with Gasteiger partial charge < -0.3 is 5.32 Å². The second-order valence-electron chi connectivity index (χ2n) is 5.00. The van der Waals surface area contributed by atoms with Crippen LogP contribution in [0.25, 0.3) is 0 Å². The average Bonchev–Trinajstić information content (AvgIpc) is 3.22. The molecule has 1 saturated carbocycles. The molecule has 0 saturated heterocycles. The van der Waals surface area contributed by atoms with Crippen molar-refractivity contribution in [1.82, 2.24) is 0 Å². The predicted molar refractivity (Wildman–Crippen MR) is 84.9 cm³/mol. The van der Waals surface area contributed by atoms with Gasteiger partial charge in [-0.2, -0.15) is 0 Å². The third-order valence-corrected chi connectivity index (χ3v) is 4.22. The Morgan fingerprint density at radius 2 is 2.00 bits per heavy atom. The molecule has 3 heteroatoms. The summed E-state index contributed by atoms with van der Waals surface area (Å²) < 4.78 is 0.999. The topological polar surface area (TPSA) is 12.0 Å². The van der Waals surface area contributed by atoms with E-state index < -0.39 is 0 Å². The van der Waals surface area contributed by atoms with E-state index in [9.17, 15) is 0 Å². The molecule has 0 aromatic heterocycles. The van der Waals surface area contributed by atoms with E-state index in [0.29, 0.717) is 0 Å². The fraction of sp³-hybridized carbons (Fsp3) is 0.250. The van der Waals surface area contributed by atoms with E-state index in [1.165, 1.54) is 24.0 Å². The number of hydrogen-bond acceptors (Lipinski definition) is 1. The molecule has 2 aromatic rings. The Hall–Kier alpha value is -0.990. The summed E-state index contributed by atoms with van der Waals surface area (Å²) in [5, 5.41) is 4.13. The molecular formula is C16H15BrClN. The molecule has 2 aromatic carbocycles. The average molecular weight is 337 g/mol. The number of rotatable bonds is 4. The van der Waals surface area contributed by atoms with E-state index in [4.69, 9.17) is 11.6 Å². The van der Waals surface area contributed by atoms with Crippen LogP contribution in [-0.4, -0.2) is 0 Å². The van der Waals surface area contributed by atoms with Crippen molar-refractivity contribution in [1.29, 1.82) is 0 Å². The molecule has 1 fully saturated rings. The molecule has 1 N–H and O–H groups in total. The summed E-state index contributed by atoms with van der Waals surface area (Å²) in [6.07, 6.45) is 2.69. The number of halogens is 2. The van der Waals surface area contributed by atoms with Gasteiger partial charge in [-0.3, -0.25) is 0 Å². The van der Waals surface area contributed by atoms with Gasteiger partial charge in [-0.05, 0) is 48.1 Å². The summed E-state index contributed by atoms with van der Waals surface area (Å²) in [4.78, 5) is 0. The van der Waals surface area contributed by atoms with E-state index in [0.717, 1.165) is 27.6 Å². The van der Waals surface area contributed by atoms with Crippen LogP contribution in [0.3, 0.4) is 0 Å². The molecule has 0 aliphatic heterocycles. The highest BCUT2D eigenvalue weighted by atomic mass is 79.9. The zero-order chi connectivity index (χ0) is 13.2. The smallest absolute Gasteiger partial charge is 0.0648 e. The largest absolute Gasteiger partial charge is 0.380 e. The molecule has 1 aliphatic rings. The Kier molecular flexibility index (Phi) is 3.81. The van der Waals surface area contributed by atoms with Gasteiger partial charge in [-0.25, -0.2) is 0 Å². The molecular weight excluding hydrogens is 322 g/mol. The lowest BCUT2D eigenvalue weighted by molar-refractivity contribution is 1.09. The summed E-state index contributed by atoms with van der Waals surface area (Å²) in [6, 6.07) is 14.7. The van der Waals surface area contributed by atoms with Crippen LogP contribution in [0.2, 0.25) is 5.02 Å². The molecule has 0 heterocycles. The zero-order valence-corrected chi connectivity index (χ0v) is 12.8. The van der Waals surface area contributed by atoms with Gasteiger partial charge in [0.2, 0.25) is 0 Å². The molecule has 3 rings (SSSR count). The quantitative estimate of drug-likeness (QED) is 0.767. The lowest BCUT2D eigenvalue weighted by Crippen LogP contribution is -2.00. The second-order valence-corrected chi connectivity index (χ2v) is 6.32. The van der Waals surface area contributed by atoms with Crippen molar-refractivity contribution in [2.75, 3.05) is 5.32 Å². The lowest BCUT2D eigenvalue weighted by atomic mass is 10.1. The number of hydrogen-bond donors (Lipinski definition) is 1. The normalized spacial score (nSPS) is 14.4. The maximum atomic E-state index is 6.19. The van der Waals surface area contributed by atoms with E-state index in [-0.39, 0.29) is 0 Å². The first-order valence-electron chi connectivity index (χ1n) is 6.50. The van der Waals surface area contributed by atoms with E-state index in [2.05, 4.69) is 45.5 Å². The molecule has 1 aliphatic carbocycles. The number of benzene rings is 2. The Bertz CT molecular complexity index is 593. The molecule has 0 spiro atoms. The van der Waals surface area contributed by atoms with Gasteiger partial charge >= 0.3 is 0 Å². The van der Waals surface area contributed by atoms with Crippen LogP contribution in [-0.2, 0) is 6.54 Å². The minimum Gasteiger partial charge on any atom is -0.380 e. The van der Waals surface area contributed by atoms with Crippen molar-refractivity contribution >= 4 is 33.2 Å². The highest BCUT2D eigenvalue weighted by molar-refractivity contribution is 9.10. The van der Waals surface area contributed by atoms with E-state index in [1.807, 2.05) is 18.2 Å². The maximum absolute atomic E-state index is 6.19. The van der Waals surface area contributed by atoms with E-state index in [1.54, 1.807) is 0 Å². The van der Waals surface area contributed by atoms with Gasteiger partial charge in [0.15, 0.2) is 0 Å². The fourth-order valence-electron chi connectivity index (χ4n) is 2.20. The first-order chi connectivity index (χ1) is 9.22. The van der Waals surface area contributed by atoms with Crippen molar-refractivity contribution in [2.24, 2.45) is 0 Å². The minimum atomic E-state index is 0.743.